The van der Waals surface area contributed by atoms with Crippen LogP contribution in [0.15, 0.2) is 47.4 Å². The number of rotatable bonds is 8. The predicted molar refractivity (Wildman–Crippen MR) is 144 cm³/mol. The standard InChI is InChI=1S/C26H36N6O5S/c1-2-6-23(33)30-26(31-38(35,36)22-11-10-18-7-3-4-8-19(18)16-22)24(34)20(9-5-12-29-26)15-21-17-32(25(27)28)13-14-37-21/h3-4,7-8,10-11,16,20-21,29,31H,2,5-6,9,12-15,17H2,1H3,(H3,27,28)(H,30,33)/t20?,21-,26?/m1/s1. The Bertz CT molecular complexity index is 1300. The first-order chi connectivity index (χ1) is 18.1. The average molecular weight is 545 g/mol. The van der Waals surface area contributed by atoms with Crippen molar-refractivity contribution in [1.29, 1.82) is 5.41 Å². The number of guanidine groups is 1. The first-order valence-corrected chi connectivity index (χ1v) is 14.5. The van der Waals surface area contributed by atoms with E-state index in [1.807, 2.05) is 31.2 Å². The summed E-state index contributed by atoms with van der Waals surface area (Å²) in [4.78, 5) is 28.5. The van der Waals surface area contributed by atoms with Gasteiger partial charge in [0.25, 0.3) is 0 Å². The molecule has 2 saturated heterocycles. The third kappa shape index (κ3) is 6.32. The lowest BCUT2D eigenvalue weighted by Crippen LogP contribution is -2.74. The number of benzene rings is 2. The van der Waals surface area contributed by atoms with E-state index in [2.05, 4.69) is 15.4 Å². The Morgan fingerprint density at radius 1 is 1.26 bits per heavy atom. The Hall–Kier alpha value is -3.06. The molecule has 3 atom stereocenters. The highest BCUT2D eigenvalue weighted by Crippen LogP contribution is 2.27. The van der Waals surface area contributed by atoms with Crippen LogP contribution in [0.2, 0.25) is 0 Å². The fourth-order valence-electron chi connectivity index (χ4n) is 5.08. The Kier molecular flexibility index (Phi) is 8.66. The molecular weight excluding hydrogens is 508 g/mol. The van der Waals surface area contributed by atoms with E-state index >= 15 is 0 Å². The summed E-state index contributed by atoms with van der Waals surface area (Å²) in [5, 5.41) is 15.1. The number of sulfonamides is 1. The summed E-state index contributed by atoms with van der Waals surface area (Å²) in [7, 11) is -4.23. The second kappa shape index (κ2) is 11.8. The number of ketones is 1. The van der Waals surface area contributed by atoms with Gasteiger partial charge in [0, 0.05) is 25.4 Å². The summed E-state index contributed by atoms with van der Waals surface area (Å²) >= 11 is 0. The van der Waals surface area contributed by atoms with Crippen LogP contribution in [-0.2, 0) is 24.3 Å². The molecule has 1 amide bonds. The van der Waals surface area contributed by atoms with Gasteiger partial charge in [-0.25, -0.2) is 8.42 Å². The summed E-state index contributed by atoms with van der Waals surface area (Å²) in [6.45, 7) is 3.38. The van der Waals surface area contributed by atoms with Crippen LogP contribution < -0.4 is 21.1 Å². The minimum atomic E-state index is -4.23. The van der Waals surface area contributed by atoms with Gasteiger partial charge in [-0.2, -0.15) is 4.72 Å². The zero-order chi connectivity index (χ0) is 27.3. The van der Waals surface area contributed by atoms with E-state index in [0.29, 0.717) is 51.9 Å². The second-order valence-corrected chi connectivity index (χ2v) is 11.5. The number of hydrogen-bond acceptors (Lipinski definition) is 7. The van der Waals surface area contributed by atoms with Crippen molar-refractivity contribution in [2.45, 2.75) is 55.8 Å². The van der Waals surface area contributed by atoms with Crippen molar-refractivity contribution in [3.8, 4) is 0 Å². The molecule has 38 heavy (non-hydrogen) atoms. The highest BCUT2D eigenvalue weighted by Gasteiger charge is 2.48. The summed E-state index contributed by atoms with van der Waals surface area (Å²) in [5.74, 6) is -3.56. The van der Waals surface area contributed by atoms with Gasteiger partial charge < -0.3 is 20.7 Å². The first kappa shape index (κ1) is 28.0. The van der Waals surface area contributed by atoms with Crippen LogP contribution in [0.5, 0.6) is 0 Å². The third-order valence-electron chi connectivity index (χ3n) is 7.01. The van der Waals surface area contributed by atoms with Gasteiger partial charge in [-0.1, -0.05) is 37.3 Å². The highest BCUT2D eigenvalue weighted by atomic mass is 32.2. The molecule has 2 aromatic rings. The molecule has 6 N–H and O–H groups in total. The maximum Gasteiger partial charge on any atom is 0.243 e. The van der Waals surface area contributed by atoms with Crippen molar-refractivity contribution in [3.63, 3.8) is 0 Å². The number of fused-ring (bicyclic) bond motifs is 1. The Morgan fingerprint density at radius 3 is 2.76 bits per heavy atom. The van der Waals surface area contributed by atoms with Crippen molar-refractivity contribution in [2.24, 2.45) is 11.7 Å². The van der Waals surface area contributed by atoms with E-state index in [1.54, 1.807) is 17.0 Å². The van der Waals surface area contributed by atoms with Gasteiger partial charge >= 0.3 is 0 Å². The Morgan fingerprint density at radius 2 is 2.03 bits per heavy atom. The SMILES string of the molecule is CCCC(=O)NC1(NS(=O)(=O)c2ccc3ccccc3c2)NCCCC(C[C@@H]2CN(C(=N)N)CCO2)C1=O. The molecule has 0 radical (unpaired) electrons. The molecule has 0 bridgehead atoms. The molecule has 0 aliphatic carbocycles. The lowest BCUT2D eigenvalue weighted by Gasteiger charge is -2.37. The lowest BCUT2D eigenvalue weighted by molar-refractivity contribution is -0.138. The van der Waals surface area contributed by atoms with E-state index in [9.17, 15) is 18.0 Å². The maximum atomic E-state index is 14.1. The number of nitrogens with two attached hydrogens (primary N) is 1. The Balaban J connectivity index is 1.64. The molecule has 11 nitrogen and oxygen atoms in total. The number of carbonyl (C=O) groups is 2. The van der Waals surface area contributed by atoms with Crippen molar-refractivity contribution >= 4 is 38.4 Å². The number of carbonyl (C=O) groups excluding carboxylic acids is 2. The number of nitrogens with one attached hydrogen (secondary N) is 4. The van der Waals surface area contributed by atoms with Gasteiger partial charge in [-0.3, -0.25) is 20.3 Å². The molecule has 2 unspecified atom stereocenters. The predicted octanol–water partition coefficient (Wildman–Crippen LogP) is 1.24. The molecule has 206 valence electrons. The van der Waals surface area contributed by atoms with Crippen LogP contribution in [0.4, 0.5) is 0 Å². The number of amides is 1. The molecule has 2 aliphatic rings. The average Bonchev–Trinajstić information content (AvgIpc) is 3.02. The smallest absolute Gasteiger partial charge is 0.243 e. The summed E-state index contributed by atoms with van der Waals surface area (Å²) < 4.78 is 35.7. The largest absolute Gasteiger partial charge is 0.375 e. The molecule has 0 saturated carbocycles. The topological polar surface area (TPSA) is 167 Å². The molecule has 0 spiro atoms. The molecular formula is C26H36N6O5S. The fourth-order valence-corrected chi connectivity index (χ4v) is 6.36. The zero-order valence-electron chi connectivity index (χ0n) is 21.5. The van der Waals surface area contributed by atoms with Crippen LogP contribution in [0, 0.1) is 11.3 Å². The normalized spacial score (nSPS) is 24.7. The fraction of sp³-hybridized carbons (Fsp3) is 0.500. The second-order valence-electron chi connectivity index (χ2n) is 9.85. The van der Waals surface area contributed by atoms with Crippen molar-refractivity contribution in [1.82, 2.24) is 20.3 Å². The molecule has 2 heterocycles. The van der Waals surface area contributed by atoms with E-state index in [-0.39, 0.29) is 23.4 Å². The number of Topliss-reactive ketones (excluding diaryl/α,β-unsaturated/α-hetero) is 1. The number of ether oxygens (including phenoxy) is 1. The number of nitrogens with zero attached hydrogens (tertiary/aromatic N) is 1. The number of hydrogen-bond donors (Lipinski definition) is 5. The van der Waals surface area contributed by atoms with Crippen molar-refractivity contribution in [2.75, 3.05) is 26.2 Å². The van der Waals surface area contributed by atoms with Crippen molar-refractivity contribution < 1.29 is 22.7 Å². The van der Waals surface area contributed by atoms with Gasteiger partial charge in [-0.05, 0) is 55.1 Å². The van der Waals surface area contributed by atoms with E-state index in [0.717, 1.165) is 10.8 Å². The maximum absolute atomic E-state index is 14.1. The van der Waals surface area contributed by atoms with Gasteiger partial charge in [-0.15, -0.1) is 0 Å². The summed E-state index contributed by atoms with van der Waals surface area (Å²) in [5.41, 5.74) is 5.65. The molecule has 2 fully saturated rings. The third-order valence-corrected chi connectivity index (χ3v) is 8.46. The Labute approximate surface area is 223 Å². The first-order valence-electron chi connectivity index (χ1n) is 13.0. The van der Waals surface area contributed by atoms with Crippen LogP contribution in [0.1, 0.15) is 39.0 Å². The summed E-state index contributed by atoms with van der Waals surface area (Å²) in [6, 6.07) is 12.1. The van der Waals surface area contributed by atoms with E-state index in [1.165, 1.54) is 6.07 Å². The zero-order valence-corrected chi connectivity index (χ0v) is 22.4. The molecule has 2 aliphatic heterocycles. The van der Waals surface area contributed by atoms with Gasteiger partial charge in [0.05, 0.1) is 17.6 Å². The van der Waals surface area contributed by atoms with E-state index in [4.69, 9.17) is 15.9 Å². The molecule has 2 aromatic carbocycles. The molecule has 0 aromatic heterocycles. The highest BCUT2D eigenvalue weighted by molar-refractivity contribution is 7.89. The lowest BCUT2D eigenvalue weighted by atomic mass is 9.89. The van der Waals surface area contributed by atoms with Crippen LogP contribution in [-0.4, -0.2) is 69.1 Å². The van der Waals surface area contributed by atoms with Crippen LogP contribution in [0.25, 0.3) is 10.8 Å². The van der Waals surface area contributed by atoms with Gasteiger partial charge in [0.15, 0.2) is 11.7 Å². The van der Waals surface area contributed by atoms with Gasteiger partial charge in [0.2, 0.25) is 21.7 Å². The van der Waals surface area contributed by atoms with Crippen LogP contribution in [0.3, 0.4) is 0 Å². The monoisotopic (exact) mass is 544 g/mol. The molecule has 4 rings (SSSR count). The summed E-state index contributed by atoms with van der Waals surface area (Å²) in [6.07, 6.45) is 1.72. The number of morpholine rings is 1. The quantitative estimate of drug-likeness (QED) is 0.188. The van der Waals surface area contributed by atoms with E-state index < -0.39 is 33.4 Å². The van der Waals surface area contributed by atoms with Crippen LogP contribution >= 0.6 is 0 Å². The van der Waals surface area contributed by atoms with Crippen molar-refractivity contribution in [3.05, 3.63) is 42.5 Å². The molecule has 12 heteroatoms. The minimum absolute atomic E-state index is 0.0107. The minimum Gasteiger partial charge on any atom is -0.375 e. The van der Waals surface area contributed by atoms with Gasteiger partial charge in [0.1, 0.15) is 0 Å².